The Labute approximate surface area is 174 Å². The van der Waals surface area contributed by atoms with Crippen LogP contribution in [-0.4, -0.2) is 22.4 Å². The maximum atomic E-state index is 12.9. The summed E-state index contributed by atoms with van der Waals surface area (Å²) < 4.78 is 1.47. The maximum Gasteiger partial charge on any atom is 0.257 e. The highest BCUT2D eigenvalue weighted by atomic mass is 16.2. The highest BCUT2D eigenvalue weighted by molar-refractivity contribution is 6.05. The van der Waals surface area contributed by atoms with Crippen molar-refractivity contribution in [3.8, 4) is 5.69 Å². The number of hydrogen-bond donors (Lipinski definition) is 2. The first-order valence-corrected chi connectivity index (χ1v) is 9.94. The minimum atomic E-state index is -0.347. The van der Waals surface area contributed by atoms with Gasteiger partial charge in [0.1, 0.15) is 0 Å². The van der Waals surface area contributed by atoms with Crippen LogP contribution in [0.25, 0.3) is 5.69 Å². The number of amides is 2. The second kappa shape index (κ2) is 7.99. The minimum absolute atomic E-state index is 0.138. The molecule has 0 aliphatic heterocycles. The lowest BCUT2D eigenvalue weighted by molar-refractivity contribution is 0.0949. The molecule has 0 spiro atoms. The molecule has 0 atom stereocenters. The van der Waals surface area contributed by atoms with Crippen LogP contribution in [0, 0.1) is 13.8 Å². The summed E-state index contributed by atoms with van der Waals surface area (Å²) in [5.74, 6) is -0.485. The van der Waals surface area contributed by atoms with Gasteiger partial charge in [-0.1, -0.05) is 24.3 Å². The molecule has 2 amide bonds. The van der Waals surface area contributed by atoms with Crippen LogP contribution >= 0.6 is 0 Å². The number of pyridine rings is 1. The van der Waals surface area contributed by atoms with Crippen LogP contribution in [0.15, 0.2) is 65.6 Å². The molecule has 0 radical (unpaired) electrons. The largest absolute Gasteiger partial charge is 0.349 e. The summed E-state index contributed by atoms with van der Waals surface area (Å²) in [7, 11) is 0. The van der Waals surface area contributed by atoms with Gasteiger partial charge in [-0.15, -0.1) is 0 Å². The first kappa shape index (κ1) is 19.6. The number of hydrogen-bond acceptors (Lipinski definition) is 3. The van der Waals surface area contributed by atoms with Crippen molar-refractivity contribution in [2.24, 2.45) is 0 Å². The molecule has 1 aliphatic carbocycles. The van der Waals surface area contributed by atoms with Crippen molar-refractivity contribution < 1.29 is 9.59 Å². The first-order valence-electron chi connectivity index (χ1n) is 9.94. The van der Waals surface area contributed by atoms with E-state index >= 15 is 0 Å². The Bertz CT molecular complexity index is 1190. The molecule has 6 heteroatoms. The van der Waals surface area contributed by atoms with Crippen LogP contribution in [0.3, 0.4) is 0 Å². The molecule has 1 heterocycles. The number of carbonyl (C=O) groups excluding carboxylic acids is 2. The van der Waals surface area contributed by atoms with Crippen LogP contribution in [0.5, 0.6) is 0 Å². The average molecular weight is 401 g/mol. The Hall–Kier alpha value is -3.67. The zero-order valence-corrected chi connectivity index (χ0v) is 16.9. The van der Waals surface area contributed by atoms with Crippen LogP contribution in [0.2, 0.25) is 0 Å². The number of aryl methyl sites for hydroxylation is 2. The second-order valence-electron chi connectivity index (χ2n) is 7.64. The smallest absolute Gasteiger partial charge is 0.257 e. The zero-order chi connectivity index (χ0) is 21.3. The molecule has 3 aromatic rings. The minimum Gasteiger partial charge on any atom is -0.349 e. The summed E-state index contributed by atoms with van der Waals surface area (Å²) in [4.78, 5) is 37.6. The fourth-order valence-electron chi connectivity index (χ4n) is 3.23. The lowest BCUT2D eigenvalue weighted by Crippen LogP contribution is -2.25. The number of para-hydroxylation sites is 1. The van der Waals surface area contributed by atoms with E-state index in [-0.39, 0.29) is 23.4 Å². The molecule has 0 saturated heterocycles. The predicted molar refractivity (Wildman–Crippen MR) is 116 cm³/mol. The molecule has 4 rings (SSSR count). The number of anilines is 1. The zero-order valence-electron chi connectivity index (χ0n) is 16.9. The highest BCUT2D eigenvalue weighted by Crippen LogP contribution is 2.22. The molecule has 1 fully saturated rings. The van der Waals surface area contributed by atoms with Crippen molar-refractivity contribution in [3.05, 3.63) is 93.4 Å². The topological polar surface area (TPSA) is 80.2 Å². The van der Waals surface area contributed by atoms with Gasteiger partial charge in [-0.2, -0.15) is 0 Å². The third-order valence-corrected chi connectivity index (χ3v) is 5.21. The Kier molecular flexibility index (Phi) is 5.23. The number of nitrogens with zero attached hydrogens (tertiary/aromatic N) is 1. The lowest BCUT2D eigenvalue weighted by Gasteiger charge is -2.13. The quantitative estimate of drug-likeness (QED) is 0.686. The van der Waals surface area contributed by atoms with E-state index in [2.05, 4.69) is 10.6 Å². The van der Waals surface area contributed by atoms with Crippen LogP contribution in [0.4, 0.5) is 5.69 Å². The van der Waals surface area contributed by atoms with E-state index in [0.29, 0.717) is 16.8 Å². The van der Waals surface area contributed by atoms with Gasteiger partial charge in [0.2, 0.25) is 0 Å². The second-order valence-corrected chi connectivity index (χ2v) is 7.64. The van der Waals surface area contributed by atoms with E-state index in [0.717, 1.165) is 29.7 Å². The van der Waals surface area contributed by atoms with Crippen molar-refractivity contribution in [1.29, 1.82) is 0 Å². The van der Waals surface area contributed by atoms with E-state index in [1.165, 1.54) is 16.7 Å². The molecule has 152 valence electrons. The van der Waals surface area contributed by atoms with Gasteiger partial charge in [-0.3, -0.25) is 19.0 Å². The van der Waals surface area contributed by atoms with E-state index in [1.807, 2.05) is 44.2 Å². The molecule has 30 heavy (non-hydrogen) atoms. The van der Waals surface area contributed by atoms with E-state index in [1.54, 1.807) is 18.3 Å². The standard InChI is InChI=1S/C24H23N3O3/c1-15-7-8-17(23(29)25-19-10-11-19)13-20(15)26-24(30)18-9-12-22(28)27(14-18)21-6-4-3-5-16(21)2/h3-9,12-14,19H,10-11H2,1-2H3,(H,25,29)(H,26,30). The fourth-order valence-corrected chi connectivity index (χ4v) is 3.23. The average Bonchev–Trinajstić information content (AvgIpc) is 3.54. The summed E-state index contributed by atoms with van der Waals surface area (Å²) in [5, 5.41) is 5.82. The third-order valence-electron chi connectivity index (χ3n) is 5.21. The summed E-state index contributed by atoms with van der Waals surface area (Å²) >= 11 is 0. The van der Waals surface area contributed by atoms with E-state index in [9.17, 15) is 14.4 Å². The van der Waals surface area contributed by atoms with E-state index < -0.39 is 0 Å². The van der Waals surface area contributed by atoms with E-state index in [4.69, 9.17) is 0 Å². The molecule has 1 aliphatic rings. The van der Waals surface area contributed by atoms with Crippen molar-refractivity contribution in [2.45, 2.75) is 32.7 Å². The monoisotopic (exact) mass is 401 g/mol. The first-order chi connectivity index (χ1) is 14.4. The Morgan fingerprint density at radius 1 is 0.900 bits per heavy atom. The number of carbonyl (C=O) groups is 2. The van der Waals surface area contributed by atoms with Gasteiger partial charge < -0.3 is 10.6 Å². The van der Waals surface area contributed by atoms with Gasteiger partial charge >= 0.3 is 0 Å². The molecule has 2 N–H and O–H groups in total. The number of aromatic nitrogens is 1. The molecule has 6 nitrogen and oxygen atoms in total. The fraction of sp³-hybridized carbons (Fsp3) is 0.208. The van der Waals surface area contributed by atoms with Crippen molar-refractivity contribution >= 4 is 17.5 Å². The van der Waals surface area contributed by atoms with Crippen LogP contribution < -0.4 is 16.2 Å². The van der Waals surface area contributed by atoms with Crippen LogP contribution in [-0.2, 0) is 0 Å². The molecule has 2 aromatic carbocycles. The SMILES string of the molecule is Cc1ccc(C(=O)NC2CC2)cc1NC(=O)c1ccc(=O)n(-c2ccccc2C)c1. The molecule has 1 aromatic heterocycles. The predicted octanol–water partition coefficient (Wildman–Crippen LogP) is 3.60. The normalized spacial score (nSPS) is 13.0. The summed E-state index contributed by atoms with van der Waals surface area (Å²) in [6.07, 6.45) is 3.56. The number of nitrogens with one attached hydrogen (secondary N) is 2. The summed E-state index contributed by atoms with van der Waals surface area (Å²) in [5.41, 5.74) is 3.72. The van der Waals surface area contributed by atoms with Crippen LogP contribution in [0.1, 0.15) is 44.7 Å². The van der Waals surface area contributed by atoms with Gasteiger partial charge in [0.05, 0.1) is 11.3 Å². The van der Waals surface area contributed by atoms with Crippen molar-refractivity contribution in [2.75, 3.05) is 5.32 Å². The van der Waals surface area contributed by atoms with Gasteiger partial charge in [-0.25, -0.2) is 0 Å². The molecular formula is C24H23N3O3. The Balaban J connectivity index is 1.60. The van der Waals surface area contributed by atoms with Gasteiger partial charge in [0.15, 0.2) is 0 Å². The van der Waals surface area contributed by atoms with Gasteiger partial charge in [-0.05, 0) is 62.1 Å². The van der Waals surface area contributed by atoms with Crippen molar-refractivity contribution in [3.63, 3.8) is 0 Å². The maximum absolute atomic E-state index is 12.9. The molecule has 0 unspecified atom stereocenters. The number of benzene rings is 2. The Morgan fingerprint density at radius 2 is 1.63 bits per heavy atom. The Morgan fingerprint density at radius 3 is 2.37 bits per heavy atom. The van der Waals surface area contributed by atoms with Gasteiger partial charge in [0, 0.05) is 29.6 Å². The molecular weight excluding hydrogens is 378 g/mol. The molecule has 0 bridgehead atoms. The summed E-state index contributed by atoms with van der Waals surface area (Å²) in [6, 6.07) is 15.9. The number of rotatable bonds is 5. The van der Waals surface area contributed by atoms with Crippen molar-refractivity contribution in [1.82, 2.24) is 9.88 Å². The lowest BCUT2D eigenvalue weighted by atomic mass is 10.1. The summed E-state index contributed by atoms with van der Waals surface area (Å²) in [6.45, 7) is 3.78. The highest BCUT2D eigenvalue weighted by Gasteiger charge is 2.24. The molecule has 1 saturated carbocycles. The third kappa shape index (κ3) is 4.17. The van der Waals surface area contributed by atoms with Gasteiger partial charge in [0.25, 0.3) is 17.4 Å².